The second kappa shape index (κ2) is 4.41. The molecule has 1 aliphatic rings. The van der Waals surface area contributed by atoms with Gasteiger partial charge in [-0.15, -0.1) is 0 Å². The fourth-order valence-corrected chi connectivity index (χ4v) is 2.38. The topological polar surface area (TPSA) is 84.3 Å². The van der Waals surface area contributed by atoms with Crippen LogP contribution in [0.4, 0.5) is 5.82 Å². The van der Waals surface area contributed by atoms with Crippen LogP contribution in [0.15, 0.2) is 17.2 Å². The molecule has 7 nitrogen and oxygen atoms in total. The number of aromatic nitrogens is 4. The van der Waals surface area contributed by atoms with E-state index in [4.69, 9.17) is 4.74 Å². The Morgan fingerprint density at radius 1 is 1.56 bits per heavy atom. The summed E-state index contributed by atoms with van der Waals surface area (Å²) in [4.78, 5) is 15.5. The van der Waals surface area contributed by atoms with Crippen LogP contribution in [0.25, 0.3) is 5.65 Å². The standard InChI is InChI=1S/C11H15N5O2/c1-18-8-3-2-7(4-8)13-9-5-10-14-15-11(17)16(10)6-12-9/h5-8,13H,2-4H2,1H3,(H,15,17). The molecule has 1 fully saturated rings. The van der Waals surface area contributed by atoms with E-state index in [1.807, 2.05) is 0 Å². The molecule has 0 saturated heterocycles. The highest BCUT2D eigenvalue weighted by Crippen LogP contribution is 2.24. The molecule has 0 aliphatic heterocycles. The quantitative estimate of drug-likeness (QED) is 0.822. The number of methoxy groups -OCH3 is 1. The number of nitrogens with one attached hydrogen (secondary N) is 2. The van der Waals surface area contributed by atoms with Gasteiger partial charge >= 0.3 is 5.69 Å². The summed E-state index contributed by atoms with van der Waals surface area (Å²) >= 11 is 0. The maximum Gasteiger partial charge on any atom is 0.348 e. The molecule has 2 heterocycles. The van der Waals surface area contributed by atoms with Crippen LogP contribution >= 0.6 is 0 Å². The minimum atomic E-state index is -0.274. The largest absolute Gasteiger partial charge is 0.381 e. The zero-order chi connectivity index (χ0) is 12.5. The van der Waals surface area contributed by atoms with Crippen molar-refractivity contribution in [2.75, 3.05) is 12.4 Å². The molecule has 0 amide bonds. The number of nitrogens with zero attached hydrogens (tertiary/aromatic N) is 3. The van der Waals surface area contributed by atoms with E-state index in [0.717, 1.165) is 25.1 Å². The van der Waals surface area contributed by atoms with Gasteiger partial charge in [-0.1, -0.05) is 0 Å². The van der Waals surface area contributed by atoms with Gasteiger partial charge < -0.3 is 10.1 Å². The summed E-state index contributed by atoms with van der Waals surface area (Å²) < 4.78 is 6.70. The molecule has 2 atom stereocenters. The van der Waals surface area contributed by atoms with Crippen molar-refractivity contribution in [2.45, 2.75) is 31.4 Å². The van der Waals surface area contributed by atoms with Crippen molar-refractivity contribution in [3.63, 3.8) is 0 Å². The lowest BCUT2D eigenvalue weighted by atomic mass is 10.2. The highest BCUT2D eigenvalue weighted by atomic mass is 16.5. The van der Waals surface area contributed by atoms with Crippen LogP contribution in [0, 0.1) is 0 Å². The van der Waals surface area contributed by atoms with E-state index in [1.165, 1.54) is 10.7 Å². The van der Waals surface area contributed by atoms with E-state index in [-0.39, 0.29) is 5.69 Å². The third-order valence-electron chi connectivity index (χ3n) is 3.38. The van der Waals surface area contributed by atoms with Crippen molar-refractivity contribution >= 4 is 11.5 Å². The molecule has 1 saturated carbocycles. The van der Waals surface area contributed by atoms with Gasteiger partial charge in [-0.2, -0.15) is 5.10 Å². The summed E-state index contributed by atoms with van der Waals surface area (Å²) in [5, 5.41) is 9.63. The van der Waals surface area contributed by atoms with Crippen molar-refractivity contribution < 1.29 is 4.74 Å². The number of anilines is 1. The van der Waals surface area contributed by atoms with E-state index in [9.17, 15) is 4.79 Å². The third kappa shape index (κ3) is 1.97. The fourth-order valence-electron chi connectivity index (χ4n) is 2.38. The average molecular weight is 249 g/mol. The van der Waals surface area contributed by atoms with Crippen LogP contribution in [0.1, 0.15) is 19.3 Å². The highest BCUT2D eigenvalue weighted by molar-refractivity contribution is 5.48. The first kappa shape index (κ1) is 11.2. The van der Waals surface area contributed by atoms with Crippen LogP contribution in [0.5, 0.6) is 0 Å². The zero-order valence-electron chi connectivity index (χ0n) is 10.1. The minimum absolute atomic E-state index is 0.274. The Morgan fingerprint density at radius 2 is 2.44 bits per heavy atom. The number of ether oxygens (including phenoxy) is 1. The van der Waals surface area contributed by atoms with Crippen LogP contribution in [-0.4, -0.2) is 38.8 Å². The van der Waals surface area contributed by atoms with Gasteiger partial charge in [-0.3, -0.25) is 0 Å². The molecular formula is C11H15N5O2. The number of rotatable bonds is 3. The summed E-state index contributed by atoms with van der Waals surface area (Å²) in [6.45, 7) is 0. The van der Waals surface area contributed by atoms with E-state index in [1.54, 1.807) is 13.2 Å². The summed E-state index contributed by atoms with van der Waals surface area (Å²) in [6.07, 6.45) is 4.93. The van der Waals surface area contributed by atoms with E-state index in [0.29, 0.717) is 17.8 Å². The second-order valence-electron chi connectivity index (χ2n) is 4.54. The van der Waals surface area contributed by atoms with Gasteiger partial charge in [0, 0.05) is 19.2 Å². The fraction of sp³-hybridized carbons (Fsp3) is 0.545. The van der Waals surface area contributed by atoms with E-state index >= 15 is 0 Å². The molecule has 1 aliphatic carbocycles. The normalized spacial score (nSPS) is 23.6. The Bertz CT molecular complexity index is 605. The molecule has 0 bridgehead atoms. The van der Waals surface area contributed by atoms with Gasteiger partial charge in [0.15, 0.2) is 5.65 Å². The van der Waals surface area contributed by atoms with Gasteiger partial charge in [0.05, 0.1) is 6.10 Å². The van der Waals surface area contributed by atoms with E-state index in [2.05, 4.69) is 20.5 Å². The second-order valence-corrected chi connectivity index (χ2v) is 4.54. The minimum Gasteiger partial charge on any atom is -0.381 e. The van der Waals surface area contributed by atoms with Gasteiger partial charge in [-0.05, 0) is 19.3 Å². The lowest BCUT2D eigenvalue weighted by molar-refractivity contribution is 0.108. The van der Waals surface area contributed by atoms with Crippen molar-refractivity contribution in [3.8, 4) is 0 Å². The summed E-state index contributed by atoms with van der Waals surface area (Å²) in [7, 11) is 1.74. The molecule has 2 unspecified atom stereocenters. The van der Waals surface area contributed by atoms with Gasteiger partial charge in [0.25, 0.3) is 0 Å². The predicted octanol–water partition coefficient (Wildman–Crippen LogP) is 0.397. The number of aromatic amines is 1. The molecular weight excluding hydrogens is 234 g/mol. The summed E-state index contributed by atoms with van der Waals surface area (Å²) in [5.74, 6) is 0.739. The Morgan fingerprint density at radius 3 is 3.22 bits per heavy atom. The highest BCUT2D eigenvalue weighted by Gasteiger charge is 2.24. The molecule has 3 rings (SSSR count). The molecule has 96 valence electrons. The zero-order valence-corrected chi connectivity index (χ0v) is 10.1. The Balaban J connectivity index is 1.77. The smallest absolute Gasteiger partial charge is 0.348 e. The molecule has 18 heavy (non-hydrogen) atoms. The van der Waals surface area contributed by atoms with Crippen molar-refractivity contribution in [1.82, 2.24) is 19.6 Å². The number of hydrogen-bond donors (Lipinski definition) is 2. The maximum atomic E-state index is 11.3. The number of fused-ring (bicyclic) bond motifs is 1. The monoisotopic (exact) mass is 249 g/mol. The maximum absolute atomic E-state index is 11.3. The van der Waals surface area contributed by atoms with Crippen molar-refractivity contribution in [3.05, 3.63) is 22.9 Å². The van der Waals surface area contributed by atoms with Gasteiger partial charge in [0.2, 0.25) is 0 Å². The number of H-pyrrole nitrogens is 1. The molecule has 2 aromatic heterocycles. The van der Waals surface area contributed by atoms with Crippen LogP contribution in [-0.2, 0) is 4.74 Å². The van der Waals surface area contributed by atoms with E-state index < -0.39 is 0 Å². The van der Waals surface area contributed by atoms with Crippen LogP contribution < -0.4 is 11.0 Å². The first-order valence-corrected chi connectivity index (χ1v) is 5.98. The number of hydrogen-bond acceptors (Lipinski definition) is 5. The average Bonchev–Trinajstić information content (AvgIpc) is 2.97. The van der Waals surface area contributed by atoms with Crippen molar-refractivity contribution in [1.29, 1.82) is 0 Å². The first-order chi connectivity index (χ1) is 8.76. The molecule has 0 aromatic carbocycles. The molecule has 0 spiro atoms. The van der Waals surface area contributed by atoms with Crippen LogP contribution in [0.3, 0.4) is 0 Å². The predicted molar refractivity (Wildman–Crippen MR) is 65.7 cm³/mol. The Kier molecular flexibility index (Phi) is 2.75. The SMILES string of the molecule is COC1CCC(Nc2cc3n[nH]c(=O)n3cn2)C1. The van der Waals surface area contributed by atoms with Crippen molar-refractivity contribution in [2.24, 2.45) is 0 Å². The van der Waals surface area contributed by atoms with Gasteiger partial charge in [-0.25, -0.2) is 19.3 Å². The molecule has 0 radical (unpaired) electrons. The molecule has 2 N–H and O–H groups in total. The Labute approximate surface area is 103 Å². The lowest BCUT2D eigenvalue weighted by Gasteiger charge is -2.13. The summed E-state index contributed by atoms with van der Waals surface area (Å²) in [6, 6.07) is 2.13. The van der Waals surface area contributed by atoms with Gasteiger partial charge in [0.1, 0.15) is 12.1 Å². The molecule has 2 aromatic rings. The molecule has 7 heteroatoms. The first-order valence-electron chi connectivity index (χ1n) is 5.98. The Hall–Kier alpha value is -1.89. The van der Waals surface area contributed by atoms with Crippen LogP contribution in [0.2, 0.25) is 0 Å². The summed E-state index contributed by atoms with van der Waals surface area (Å²) in [5.41, 5.74) is 0.295. The lowest BCUT2D eigenvalue weighted by Crippen LogP contribution is -2.18. The third-order valence-corrected chi connectivity index (χ3v) is 3.38.